The Morgan fingerprint density at radius 2 is 2.11 bits per heavy atom. The lowest BCUT2D eigenvalue weighted by atomic mass is 10.1. The molecular formula is C13H11ClO4. The molecule has 94 valence electrons. The Labute approximate surface area is 108 Å². The third-order valence-corrected chi connectivity index (χ3v) is 2.71. The predicted octanol–water partition coefficient (Wildman–Crippen LogP) is 2.71. The third kappa shape index (κ3) is 2.11. The van der Waals surface area contributed by atoms with Gasteiger partial charge >= 0.3 is 5.97 Å². The molecule has 1 aromatic carbocycles. The van der Waals surface area contributed by atoms with E-state index in [9.17, 15) is 9.59 Å². The largest absolute Gasteiger partial charge is 0.462 e. The zero-order chi connectivity index (χ0) is 13.1. The molecule has 0 fully saturated rings. The highest BCUT2D eigenvalue weighted by molar-refractivity contribution is 6.17. The predicted molar refractivity (Wildman–Crippen MR) is 68.0 cm³/mol. The fourth-order valence-electron chi connectivity index (χ4n) is 1.69. The van der Waals surface area contributed by atoms with Gasteiger partial charge in [0, 0.05) is 0 Å². The lowest BCUT2D eigenvalue weighted by molar-refractivity contribution is 0.0521. The highest BCUT2D eigenvalue weighted by Gasteiger charge is 2.21. The van der Waals surface area contributed by atoms with Crippen LogP contribution in [0.1, 0.15) is 23.0 Å². The molecule has 1 heterocycles. The molecule has 0 atom stereocenters. The Bertz CT molecular complexity index is 645. The molecule has 0 saturated heterocycles. The van der Waals surface area contributed by atoms with Crippen molar-refractivity contribution in [2.24, 2.45) is 0 Å². The molecule has 0 aliphatic rings. The minimum Gasteiger partial charge on any atom is -0.462 e. The minimum absolute atomic E-state index is 0.0613. The van der Waals surface area contributed by atoms with Crippen molar-refractivity contribution in [1.82, 2.24) is 0 Å². The Balaban J connectivity index is 2.74. The van der Waals surface area contributed by atoms with Crippen LogP contribution in [0.15, 0.2) is 33.5 Å². The fourth-order valence-corrected chi connectivity index (χ4v) is 1.88. The first-order valence-electron chi connectivity index (χ1n) is 5.46. The van der Waals surface area contributed by atoms with Crippen molar-refractivity contribution < 1.29 is 13.9 Å². The zero-order valence-electron chi connectivity index (χ0n) is 9.73. The van der Waals surface area contributed by atoms with Crippen molar-refractivity contribution in [2.75, 3.05) is 6.61 Å². The van der Waals surface area contributed by atoms with Gasteiger partial charge in [0.15, 0.2) is 0 Å². The van der Waals surface area contributed by atoms with E-state index in [1.165, 1.54) is 0 Å². The highest BCUT2D eigenvalue weighted by atomic mass is 35.5. The van der Waals surface area contributed by atoms with Gasteiger partial charge in [-0.3, -0.25) is 4.79 Å². The summed E-state index contributed by atoms with van der Waals surface area (Å²) >= 11 is 5.71. The van der Waals surface area contributed by atoms with Gasteiger partial charge in [0.2, 0.25) is 5.43 Å². The number of fused-ring (bicyclic) bond motifs is 1. The van der Waals surface area contributed by atoms with Crippen molar-refractivity contribution in [3.63, 3.8) is 0 Å². The molecule has 0 unspecified atom stereocenters. The van der Waals surface area contributed by atoms with Crippen molar-refractivity contribution in [2.45, 2.75) is 12.8 Å². The van der Waals surface area contributed by atoms with Gasteiger partial charge in [-0.15, -0.1) is 11.6 Å². The maximum Gasteiger partial charge on any atom is 0.345 e. The molecule has 0 saturated carbocycles. The molecule has 0 bridgehead atoms. The summed E-state index contributed by atoms with van der Waals surface area (Å²) in [4.78, 5) is 24.0. The van der Waals surface area contributed by atoms with Crippen LogP contribution in [0.25, 0.3) is 11.0 Å². The minimum atomic E-state index is -0.701. The van der Waals surface area contributed by atoms with Crippen LogP contribution in [-0.4, -0.2) is 12.6 Å². The monoisotopic (exact) mass is 266 g/mol. The SMILES string of the molecule is CCOC(=O)c1c(CCl)oc2ccccc2c1=O. The summed E-state index contributed by atoms with van der Waals surface area (Å²) in [5, 5.41) is 0.342. The van der Waals surface area contributed by atoms with E-state index in [4.69, 9.17) is 20.8 Å². The molecule has 0 aliphatic carbocycles. The highest BCUT2D eigenvalue weighted by Crippen LogP contribution is 2.17. The van der Waals surface area contributed by atoms with Crippen molar-refractivity contribution >= 4 is 28.5 Å². The number of rotatable bonds is 3. The van der Waals surface area contributed by atoms with Crippen LogP contribution in [0.2, 0.25) is 0 Å². The molecule has 2 aromatic rings. The molecule has 2 rings (SSSR count). The first-order chi connectivity index (χ1) is 8.69. The van der Waals surface area contributed by atoms with Crippen LogP contribution in [0.3, 0.4) is 0 Å². The average Bonchev–Trinajstić information content (AvgIpc) is 2.38. The Hall–Kier alpha value is -1.81. The smallest absolute Gasteiger partial charge is 0.345 e. The van der Waals surface area contributed by atoms with E-state index in [0.29, 0.717) is 11.0 Å². The van der Waals surface area contributed by atoms with Crippen LogP contribution in [0, 0.1) is 0 Å². The van der Waals surface area contributed by atoms with E-state index in [2.05, 4.69) is 0 Å². The maximum absolute atomic E-state index is 12.2. The standard InChI is InChI=1S/C13H11ClO4/c1-2-17-13(16)11-10(7-14)18-9-6-4-3-5-8(9)12(11)15/h3-6H,2,7H2,1H3. The number of alkyl halides is 1. The van der Waals surface area contributed by atoms with E-state index in [1.807, 2.05) is 0 Å². The quantitative estimate of drug-likeness (QED) is 0.633. The second-order valence-electron chi connectivity index (χ2n) is 3.58. The van der Waals surface area contributed by atoms with E-state index in [0.717, 1.165) is 0 Å². The van der Waals surface area contributed by atoms with Crippen LogP contribution < -0.4 is 5.43 Å². The van der Waals surface area contributed by atoms with E-state index >= 15 is 0 Å². The molecule has 4 nitrogen and oxygen atoms in total. The van der Waals surface area contributed by atoms with Crippen LogP contribution in [-0.2, 0) is 10.6 Å². The molecule has 18 heavy (non-hydrogen) atoms. The van der Waals surface area contributed by atoms with E-state index < -0.39 is 11.4 Å². The van der Waals surface area contributed by atoms with Gasteiger partial charge < -0.3 is 9.15 Å². The van der Waals surface area contributed by atoms with E-state index in [1.54, 1.807) is 31.2 Å². The number of hydrogen-bond donors (Lipinski definition) is 0. The summed E-state index contributed by atoms with van der Waals surface area (Å²) in [6.07, 6.45) is 0. The number of esters is 1. The number of carbonyl (C=O) groups is 1. The first kappa shape index (κ1) is 12.6. The molecule has 0 radical (unpaired) electrons. The maximum atomic E-state index is 12.2. The van der Waals surface area contributed by atoms with Crippen LogP contribution >= 0.6 is 11.6 Å². The summed E-state index contributed by atoms with van der Waals surface area (Å²) in [5.74, 6) is -0.625. The summed E-state index contributed by atoms with van der Waals surface area (Å²) in [5.41, 5.74) is -0.123. The molecule has 0 spiro atoms. The van der Waals surface area contributed by atoms with Crippen LogP contribution in [0.4, 0.5) is 0 Å². The van der Waals surface area contributed by atoms with Crippen LogP contribution in [0.5, 0.6) is 0 Å². The fraction of sp³-hybridized carbons (Fsp3) is 0.231. The normalized spacial score (nSPS) is 10.6. The Morgan fingerprint density at radius 1 is 1.39 bits per heavy atom. The van der Waals surface area contributed by atoms with Gasteiger partial charge in [-0.05, 0) is 19.1 Å². The first-order valence-corrected chi connectivity index (χ1v) is 6.00. The van der Waals surface area contributed by atoms with Crippen molar-refractivity contribution in [1.29, 1.82) is 0 Å². The topological polar surface area (TPSA) is 56.5 Å². The Kier molecular flexibility index (Phi) is 3.67. The summed E-state index contributed by atoms with van der Waals surface area (Å²) < 4.78 is 10.3. The summed E-state index contributed by atoms with van der Waals surface area (Å²) in [7, 11) is 0. The lowest BCUT2D eigenvalue weighted by Crippen LogP contribution is -2.20. The zero-order valence-corrected chi connectivity index (χ0v) is 10.5. The van der Waals surface area contributed by atoms with Gasteiger partial charge in [0.1, 0.15) is 16.9 Å². The average molecular weight is 267 g/mol. The van der Waals surface area contributed by atoms with Gasteiger partial charge in [0.25, 0.3) is 0 Å². The lowest BCUT2D eigenvalue weighted by Gasteiger charge is -2.06. The number of carbonyl (C=O) groups excluding carboxylic acids is 1. The number of benzene rings is 1. The molecule has 0 amide bonds. The second-order valence-corrected chi connectivity index (χ2v) is 3.85. The third-order valence-electron chi connectivity index (χ3n) is 2.47. The molecular weight excluding hydrogens is 256 g/mol. The number of halogens is 1. The Morgan fingerprint density at radius 3 is 2.78 bits per heavy atom. The summed E-state index contributed by atoms with van der Waals surface area (Å²) in [6.45, 7) is 1.85. The van der Waals surface area contributed by atoms with Gasteiger partial charge in [0.05, 0.1) is 17.9 Å². The second kappa shape index (κ2) is 5.23. The van der Waals surface area contributed by atoms with Crippen molar-refractivity contribution in [3.05, 3.63) is 45.8 Å². The molecule has 0 N–H and O–H groups in total. The van der Waals surface area contributed by atoms with Gasteiger partial charge in [-0.2, -0.15) is 0 Å². The summed E-state index contributed by atoms with van der Waals surface area (Å²) in [6, 6.07) is 6.70. The van der Waals surface area contributed by atoms with Gasteiger partial charge in [-0.25, -0.2) is 4.79 Å². The van der Waals surface area contributed by atoms with Crippen molar-refractivity contribution in [3.8, 4) is 0 Å². The molecule has 0 aliphatic heterocycles. The van der Waals surface area contributed by atoms with E-state index in [-0.39, 0.29) is 23.8 Å². The number of hydrogen-bond acceptors (Lipinski definition) is 4. The number of para-hydroxylation sites is 1. The number of ether oxygens (including phenoxy) is 1. The molecule has 1 aromatic heterocycles. The molecule has 5 heteroatoms. The van der Waals surface area contributed by atoms with Gasteiger partial charge in [-0.1, -0.05) is 12.1 Å².